The summed E-state index contributed by atoms with van der Waals surface area (Å²) in [4.78, 5) is 13.9. The minimum Gasteiger partial charge on any atom is -0.468 e. The molecule has 4 heteroatoms. The Morgan fingerprint density at radius 1 is 1.39 bits per heavy atom. The molecule has 0 aromatic rings. The first-order valence-corrected chi connectivity index (χ1v) is 7.00. The zero-order valence-electron chi connectivity index (χ0n) is 12.7. The molecular weight excluding hydrogens is 228 g/mol. The van der Waals surface area contributed by atoms with Gasteiger partial charge in [-0.15, -0.1) is 0 Å². The highest BCUT2D eigenvalue weighted by Gasteiger charge is 2.28. The van der Waals surface area contributed by atoms with Crippen LogP contribution in [0.2, 0.25) is 0 Å². The van der Waals surface area contributed by atoms with Gasteiger partial charge in [-0.2, -0.15) is 0 Å². The minimum absolute atomic E-state index is 0.322. The third-order valence-corrected chi connectivity index (χ3v) is 3.66. The lowest BCUT2D eigenvalue weighted by atomic mass is 9.96. The summed E-state index contributed by atoms with van der Waals surface area (Å²) in [5.74, 6) is -0.322. The van der Waals surface area contributed by atoms with Crippen LogP contribution < -0.4 is 5.73 Å². The van der Waals surface area contributed by atoms with Crippen molar-refractivity contribution in [2.75, 3.05) is 20.2 Å². The van der Waals surface area contributed by atoms with Crippen LogP contribution in [0, 0.1) is 0 Å². The molecule has 0 aliphatic carbocycles. The first-order chi connectivity index (χ1) is 8.38. The molecule has 0 spiro atoms. The lowest BCUT2D eigenvalue weighted by molar-refractivity contribution is -0.146. The van der Waals surface area contributed by atoms with E-state index in [9.17, 15) is 4.79 Å². The van der Waals surface area contributed by atoms with Crippen LogP contribution in [-0.4, -0.2) is 42.6 Å². The molecule has 0 amide bonds. The highest BCUT2D eigenvalue weighted by atomic mass is 16.5. The van der Waals surface area contributed by atoms with Gasteiger partial charge < -0.3 is 15.4 Å². The van der Waals surface area contributed by atoms with Crippen LogP contribution >= 0.6 is 0 Å². The van der Waals surface area contributed by atoms with Crippen molar-refractivity contribution in [2.45, 2.75) is 65.0 Å². The number of methoxy groups -OCH3 is 1. The zero-order chi connectivity index (χ0) is 14.2. The highest BCUT2D eigenvalue weighted by molar-refractivity contribution is 5.79. The molecule has 0 aliphatic heterocycles. The summed E-state index contributed by atoms with van der Waals surface area (Å²) in [5, 5.41) is 0. The Kier molecular flexibility index (Phi) is 8.20. The van der Waals surface area contributed by atoms with Crippen molar-refractivity contribution in [3.8, 4) is 0 Å². The summed E-state index contributed by atoms with van der Waals surface area (Å²) < 4.78 is 4.70. The molecule has 0 saturated carbocycles. The van der Waals surface area contributed by atoms with E-state index in [2.05, 4.69) is 25.7 Å². The van der Waals surface area contributed by atoms with E-state index < -0.39 is 5.54 Å². The van der Waals surface area contributed by atoms with E-state index >= 15 is 0 Å². The quantitative estimate of drug-likeness (QED) is 0.508. The molecule has 0 saturated heterocycles. The van der Waals surface area contributed by atoms with Crippen LogP contribution in [-0.2, 0) is 9.53 Å². The number of hydrogen-bond donors (Lipinski definition) is 1. The molecule has 18 heavy (non-hydrogen) atoms. The summed E-state index contributed by atoms with van der Waals surface area (Å²) in [7, 11) is 1.38. The second-order valence-corrected chi connectivity index (χ2v) is 5.25. The van der Waals surface area contributed by atoms with E-state index in [0.717, 1.165) is 25.9 Å². The van der Waals surface area contributed by atoms with E-state index in [1.54, 1.807) is 6.92 Å². The first kappa shape index (κ1) is 17.4. The third kappa shape index (κ3) is 5.83. The standard InChI is InChI=1S/C14H30N2O2/c1-6-12(3)16(7-2)11-9-8-10-14(4,15)13(17)18-5/h12H,6-11,15H2,1-5H3. The van der Waals surface area contributed by atoms with Gasteiger partial charge in [0.25, 0.3) is 0 Å². The number of nitrogens with two attached hydrogens (primary N) is 1. The van der Waals surface area contributed by atoms with E-state index in [4.69, 9.17) is 10.5 Å². The molecule has 0 aliphatic rings. The Morgan fingerprint density at radius 2 is 2.00 bits per heavy atom. The number of nitrogens with zero attached hydrogens (tertiary/aromatic N) is 1. The second-order valence-electron chi connectivity index (χ2n) is 5.25. The molecule has 2 N–H and O–H groups in total. The normalized spacial score (nSPS) is 16.4. The monoisotopic (exact) mass is 258 g/mol. The summed E-state index contributed by atoms with van der Waals surface area (Å²) in [5.41, 5.74) is 5.07. The molecule has 0 rings (SSSR count). The molecule has 108 valence electrons. The van der Waals surface area contributed by atoms with Gasteiger partial charge in [0.1, 0.15) is 5.54 Å². The molecule has 0 aromatic carbocycles. The lowest BCUT2D eigenvalue weighted by Crippen LogP contribution is -2.45. The van der Waals surface area contributed by atoms with Crippen molar-refractivity contribution in [2.24, 2.45) is 5.73 Å². The van der Waals surface area contributed by atoms with Gasteiger partial charge in [-0.3, -0.25) is 4.79 Å². The average molecular weight is 258 g/mol. The molecule has 0 fully saturated rings. The van der Waals surface area contributed by atoms with E-state index in [1.807, 2.05) is 0 Å². The van der Waals surface area contributed by atoms with Crippen molar-refractivity contribution in [3.05, 3.63) is 0 Å². The van der Waals surface area contributed by atoms with Gasteiger partial charge in [-0.05, 0) is 52.6 Å². The van der Waals surface area contributed by atoms with E-state index in [0.29, 0.717) is 12.5 Å². The topological polar surface area (TPSA) is 55.6 Å². The zero-order valence-corrected chi connectivity index (χ0v) is 12.7. The average Bonchev–Trinajstić information content (AvgIpc) is 2.36. The summed E-state index contributed by atoms with van der Waals surface area (Å²) in [6, 6.07) is 0.625. The SMILES string of the molecule is CCC(C)N(CC)CCCCC(C)(N)C(=O)OC. The second kappa shape index (κ2) is 8.48. The first-order valence-electron chi connectivity index (χ1n) is 7.00. The van der Waals surface area contributed by atoms with Crippen molar-refractivity contribution in [3.63, 3.8) is 0 Å². The van der Waals surface area contributed by atoms with Gasteiger partial charge >= 0.3 is 5.97 Å². The van der Waals surface area contributed by atoms with Crippen LogP contribution in [0.5, 0.6) is 0 Å². The van der Waals surface area contributed by atoms with Gasteiger partial charge in [0.2, 0.25) is 0 Å². The summed E-state index contributed by atoms with van der Waals surface area (Å²) in [6.07, 6.45) is 3.87. The Bertz CT molecular complexity index is 242. The number of ether oxygens (including phenoxy) is 1. The number of carbonyl (C=O) groups is 1. The smallest absolute Gasteiger partial charge is 0.325 e. The van der Waals surface area contributed by atoms with Gasteiger partial charge in [-0.1, -0.05) is 13.8 Å². The van der Waals surface area contributed by atoms with Crippen molar-refractivity contribution in [1.29, 1.82) is 0 Å². The van der Waals surface area contributed by atoms with Crippen molar-refractivity contribution in [1.82, 2.24) is 4.90 Å². The molecule has 2 unspecified atom stereocenters. The summed E-state index contributed by atoms with van der Waals surface area (Å²) in [6.45, 7) is 10.5. The van der Waals surface area contributed by atoms with Gasteiger partial charge in [-0.25, -0.2) is 0 Å². The number of hydrogen-bond acceptors (Lipinski definition) is 4. The van der Waals surface area contributed by atoms with Crippen molar-refractivity contribution < 1.29 is 9.53 Å². The van der Waals surface area contributed by atoms with Crippen LogP contribution in [0.3, 0.4) is 0 Å². The van der Waals surface area contributed by atoms with Crippen molar-refractivity contribution >= 4 is 5.97 Å². The number of rotatable bonds is 9. The molecule has 0 aromatic heterocycles. The molecular formula is C14H30N2O2. The fourth-order valence-electron chi connectivity index (χ4n) is 2.09. The van der Waals surface area contributed by atoms with Crippen LogP contribution in [0.25, 0.3) is 0 Å². The predicted molar refractivity (Wildman–Crippen MR) is 75.5 cm³/mol. The highest BCUT2D eigenvalue weighted by Crippen LogP contribution is 2.13. The van der Waals surface area contributed by atoms with Crippen LogP contribution in [0.15, 0.2) is 0 Å². The van der Waals surface area contributed by atoms with E-state index in [-0.39, 0.29) is 5.97 Å². The Labute approximate surface area is 112 Å². The maximum Gasteiger partial charge on any atom is 0.325 e. The molecule has 0 radical (unpaired) electrons. The molecule has 2 atom stereocenters. The maximum atomic E-state index is 11.4. The largest absolute Gasteiger partial charge is 0.468 e. The Morgan fingerprint density at radius 3 is 2.44 bits per heavy atom. The number of esters is 1. The maximum absolute atomic E-state index is 11.4. The van der Waals surface area contributed by atoms with Gasteiger partial charge in [0, 0.05) is 6.04 Å². The fraction of sp³-hybridized carbons (Fsp3) is 0.929. The Balaban J connectivity index is 3.95. The summed E-state index contributed by atoms with van der Waals surface area (Å²) >= 11 is 0. The Hall–Kier alpha value is -0.610. The van der Waals surface area contributed by atoms with Gasteiger partial charge in [0.15, 0.2) is 0 Å². The number of unbranched alkanes of at least 4 members (excludes halogenated alkanes) is 1. The predicted octanol–water partition coefficient (Wildman–Crippen LogP) is 2.17. The molecule has 0 heterocycles. The third-order valence-electron chi connectivity index (χ3n) is 3.66. The minimum atomic E-state index is -0.845. The fourth-order valence-corrected chi connectivity index (χ4v) is 2.09. The van der Waals surface area contributed by atoms with E-state index in [1.165, 1.54) is 13.5 Å². The van der Waals surface area contributed by atoms with Crippen LogP contribution in [0.4, 0.5) is 0 Å². The lowest BCUT2D eigenvalue weighted by Gasteiger charge is -2.27. The molecule has 0 bridgehead atoms. The van der Waals surface area contributed by atoms with Crippen LogP contribution in [0.1, 0.15) is 53.4 Å². The van der Waals surface area contributed by atoms with Gasteiger partial charge in [0.05, 0.1) is 7.11 Å². The molecule has 4 nitrogen and oxygen atoms in total. The number of carbonyl (C=O) groups excluding carboxylic acids is 1.